The summed E-state index contributed by atoms with van der Waals surface area (Å²) in [7, 11) is 0. The second kappa shape index (κ2) is 6.23. The normalized spacial score (nSPS) is 10.2. The van der Waals surface area contributed by atoms with E-state index < -0.39 is 5.82 Å². The maximum atomic E-state index is 13.4. The molecule has 0 aliphatic rings. The van der Waals surface area contributed by atoms with Crippen molar-refractivity contribution in [1.82, 2.24) is 0 Å². The van der Waals surface area contributed by atoms with E-state index in [1.807, 2.05) is 0 Å². The second-order valence-electron chi connectivity index (χ2n) is 3.78. The third-order valence-electron chi connectivity index (χ3n) is 2.26. The molecule has 0 saturated carbocycles. The van der Waals surface area contributed by atoms with Crippen LogP contribution in [-0.4, -0.2) is 12.5 Å². The minimum Gasteiger partial charge on any atom is -0.330 e. The third-order valence-corrected chi connectivity index (χ3v) is 2.26. The molecular formula is C12H17FN2O. The quantitative estimate of drug-likeness (QED) is 0.753. The van der Waals surface area contributed by atoms with E-state index in [1.165, 1.54) is 6.07 Å². The molecule has 0 atom stereocenters. The molecular weight excluding hydrogens is 207 g/mol. The first-order valence-electron chi connectivity index (χ1n) is 5.39. The van der Waals surface area contributed by atoms with Crippen LogP contribution in [0.1, 0.15) is 24.8 Å². The zero-order valence-electron chi connectivity index (χ0n) is 9.42. The van der Waals surface area contributed by atoms with Gasteiger partial charge < -0.3 is 11.1 Å². The van der Waals surface area contributed by atoms with Crippen LogP contribution in [0.3, 0.4) is 0 Å². The molecule has 0 aliphatic heterocycles. The van der Waals surface area contributed by atoms with E-state index >= 15 is 0 Å². The van der Waals surface area contributed by atoms with Crippen LogP contribution in [0.5, 0.6) is 0 Å². The number of carbonyl (C=O) groups is 1. The fourth-order valence-corrected chi connectivity index (χ4v) is 1.36. The summed E-state index contributed by atoms with van der Waals surface area (Å²) in [4.78, 5) is 11.4. The van der Waals surface area contributed by atoms with Gasteiger partial charge in [0.1, 0.15) is 5.82 Å². The Morgan fingerprint density at radius 1 is 1.44 bits per heavy atom. The molecule has 0 spiro atoms. The SMILES string of the molecule is Cc1ccc(NC(=O)CCCCN)c(F)c1. The number of rotatable bonds is 5. The van der Waals surface area contributed by atoms with Gasteiger partial charge in [-0.15, -0.1) is 0 Å². The Morgan fingerprint density at radius 2 is 2.19 bits per heavy atom. The summed E-state index contributed by atoms with van der Waals surface area (Å²) in [6.07, 6.45) is 1.92. The van der Waals surface area contributed by atoms with Crippen molar-refractivity contribution < 1.29 is 9.18 Å². The molecule has 1 aromatic carbocycles. The van der Waals surface area contributed by atoms with Gasteiger partial charge in [-0.1, -0.05) is 6.07 Å². The number of aryl methyl sites for hydroxylation is 1. The van der Waals surface area contributed by atoms with Gasteiger partial charge in [0.15, 0.2) is 0 Å². The Hall–Kier alpha value is -1.42. The van der Waals surface area contributed by atoms with Gasteiger partial charge in [0, 0.05) is 6.42 Å². The molecule has 0 saturated heterocycles. The summed E-state index contributed by atoms with van der Waals surface area (Å²) in [5, 5.41) is 2.54. The van der Waals surface area contributed by atoms with Crippen molar-refractivity contribution in [3.63, 3.8) is 0 Å². The van der Waals surface area contributed by atoms with Gasteiger partial charge in [0.2, 0.25) is 5.91 Å². The molecule has 0 bridgehead atoms. The second-order valence-corrected chi connectivity index (χ2v) is 3.78. The van der Waals surface area contributed by atoms with Crippen LogP contribution in [0.2, 0.25) is 0 Å². The molecule has 0 fully saturated rings. The van der Waals surface area contributed by atoms with E-state index in [4.69, 9.17) is 5.73 Å². The van der Waals surface area contributed by atoms with Crippen molar-refractivity contribution >= 4 is 11.6 Å². The zero-order chi connectivity index (χ0) is 12.0. The van der Waals surface area contributed by atoms with Gasteiger partial charge in [0.25, 0.3) is 0 Å². The highest BCUT2D eigenvalue weighted by Crippen LogP contribution is 2.15. The summed E-state index contributed by atoms with van der Waals surface area (Å²) in [5.74, 6) is -0.566. The van der Waals surface area contributed by atoms with Crippen LogP contribution in [-0.2, 0) is 4.79 Å². The van der Waals surface area contributed by atoms with Crippen molar-refractivity contribution in [2.45, 2.75) is 26.2 Å². The standard InChI is InChI=1S/C12H17FN2O/c1-9-5-6-11(10(13)8-9)15-12(16)4-2-3-7-14/h5-6,8H,2-4,7,14H2,1H3,(H,15,16). The molecule has 0 unspecified atom stereocenters. The molecule has 1 amide bonds. The number of hydrogen-bond donors (Lipinski definition) is 2. The smallest absolute Gasteiger partial charge is 0.224 e. The zero-order valence-corrected chi connectivity index (χ0v) is 9.42. The summed E-state index contributed by atoms with van der Waals surface area (Å²) >= 11 is 0. The Morgan fingerprint density at radius 3 is 2.81 bits per heavy atom. The molecule has 0 aliphatic carbocycles. The number of nitrogens with one attached hydrogen (secondary N) is 1. The van der Waals surface area contributed by atoms with Crippen LogP contribution < -0.4 is 11.1 Å². The van der Waals surface area contributed by atoms with E-state index in [9.17, 15) is 9.18 Å². The topological polar surface area (TPSA) is 55.1 Å². The van der Waals surface area contributed by atoms with Crippen LogP contribution in [0.25, 0.3) is 0 Å². The average Bonchev–Trinajstić information content (AvgIpc) is 2.23. The number of nitrogens with two attached hydrogens (primary N) is 1. The van der Waals surface area contributed by atoms with Gasteiger partial charge in [-0.25, -0.2) is 4.39 Å². The summed E-state index contributed by atoms with van der Waals surface area (Å²) in [6.45, 7) is 2.38. The molecule has 0 heterocycles. The van der Waals surface area contributed by atoms with Gasteiger partial charge in [-0.3, -0.25) is 4.79 Å². The van der Waals surface area contributed by atoms with Crippen molar-refractivity contribution in [2.75, 3.05) is 11.9 Å². The first-order valence-corrected chi connectivity index (χ1v) is 5.39. The van der Waals surface area contributed by atoms with Crippen molar-refractivity contribution in [1.29, 1.82) is 0 Å². The van der Waals surface area contributed by atoms with E-state index in [-0.39, 0.29) is 11.6 Å². The third kappa shape index (κ3) is 3.98. The predicted octanol–water partition coefficient (Wildman–Crippen LogP) is 2.20. The Kier molecular flexibility index (Phi) is 4.92. The lowest BCUT2D eigenvalue weighted by atomic mass is 10.2. The number of hydrogen-bond acceptors (Lipinski definition) is 2. The van der Waals surface area contributed by atoms with Crippen LogP contribution in [0, 0.1) is 12.7 Å². The van der Waals surface area contributed by atoms with Gasteiger partial charge in [0.05, 0.1) is 5.69 Å². The monoisotopic (exact) mass is 224 g/mol. The number of unbranched alkanes of at least 4 members (excludes halogenated alkanes) is 1. The highest BCUT2D eigenvalue weighted by Gasteiger charge is 2.06. The lowest BCUT2D eigenvalue weighted by molar-refractivity contribution is -0.116. The number of halogens is 1. The number of amides is 1. The fourth-order valence-electron chi connectivity index (χ4n) is 1.36. The number of benzene rings is 1. The Balaban J connectivity index is 2.49. The van der Waals surface area contributed by atoms with E-state index in [0.29, 0.717) is 13.0 Å². The molecule has 3 nitrogen and oxygen atoms in total. The molecule has 0 aromatic heterocycles. The van der Waals surface area contributed by atoms with Crippen molar-refractivity contribution in [2.24, 2.45) is 5.73 Å². The summed E-state index contributed by atoms with van der Waals surface area (Å²) < 4.78 is 13.4. The molecule has 16 heavy (non-hydrogen) atoms. The number of carbonyl (C=O) groups excluding carboxylic acids is 1. The van der Waals surface area contributed by atoms with Crippen molar-refractivity contribution in [3.8, 4) is 0 Å². The molecule has 0 radical (unpaired) electrons. The summed E-state index contributed by atoms with van der Waals surface area (Å²) in [6, 6.07) is 4.74. The average molecular weight is 224 g/mol. The van der Waals surface area contributed by atoms with E-state index in [2.05, 4.69) is 5.32 Å². The maximum Gasteiger partial charge on any atom is 0.224 e. The first-order chi connectivity index (χ1) is 7.63. The molecule has 4 heteroatoms. The summed E-state index contributed by atoms with van der Waals surface area (Å²) in [5.41, 5.74) is 6.39. The van der Waals surface area contributed by atoms with E-state index in [0.717, 1.165) is 18.4 Å². The lowest BCUT2D eigenvalue weighted by Crippen LogP contribution is -2.13. The Bertz CT molecular complexity index is 366. The van der Waals surface area contributed by atoms with Crippen LogP contribution in [0.15, 0.2) is 18.2 Å². The largest absolute Gasteiger partial charge is 0.330 e. The minimum atomic E-state index is -0.396. The van der Waals surface area contributed by atoms with Crippen LogP contribution in [0.4, 0.5) is 10.1 Å². The Labute approximate surface area is 94.8 Å². The molecule has 1 aromatic rings. The highest BCUT2D eigenvalue weighted by atomic mass is 19.1. The van der Waals surface area contributed by atoms with Gasteiger partial charge in [-0.05, 0) is 44.0 Å². The minimum absolute atomic E-state index is 0.170. The van der Waals surface area contributed by atoms with E-state index in [1.54, 1.807) is 19.1 Å². The molecule has 3 N–H and O–H groups in total. The van der Waals surface area contributed by atoms with Crippen molar-refractivity contribution in [3.05, 3.63) is 29.6 Å². The number of anilines is 1. The highest BCUT2D eigenvalue weighted by molar-refractivity contribution is 5.90. The molecule has 88 valence electrons. The maximum absolute atomic E-state index is 13.4. The van der Waals surface area contributed by atoms with Gasteiger partial charge >= 0.3 is 0 Å². The molecule has 1 rings (SSSR count). The fraction of sp³-hybridized carbons (Fsp3) is 0.417. The first kappa shape index (κ1) is 12.6. The lowest BCUT2D eigenvalue weighted by Gasteiger charge is -2.06. The van der Waals surface area contributed by atoms with Crippen LogP contribution >= 0.6 is 0 Å². The van der Waals surface area contributed by atoms with Gasteiger partial charge in [-0.2, -0.15) is 0 Å². The predicted molar refractivity (Wildman–Crippen MR) is 62.7 cm³/mol.